The number of hydrogen-bond donors (Lipinski definition) is 2. The second-order valence-corrected chi connectivity index (χ2v) is 4.98. The number of nitrogens with one attached hydrogen (secondary N) is 2. The smallest absolute Gasteiger partial charge is 0.339 e. The number of benzene rings is 2. The topological polar surface area (TPSA) is 76.7 Å². The van der Waals surface area contributed by atoms with E-state index in [0.29, 0.717) is 24.2 Å². The number of methoxy groups -OCH3 is 2. The van der Waals surface area contributed by atoms with Crippen LogP contribution in [0.25, 0.3) is 0 Å². The van der Waals surface area contributed by atoms with Crippen LogP contribution in [-0.2, 0) is 11.2 Å². The van der Waals surface area contributed by atoms with Crippen molar-refractivity contribution in [1.82, 2.24) is 5.32 Å². The van der Waals surface area contributed by atoms with Gasteiger partial charge in [0.05, 0.1) is 25.5 Å². The van der Waals surface area contributed by atoms with Crippen molar-refractivity contribution in [2.45, 2.75) is 6.42 Å². The standard InChI is InChI=1S/C18H20N2O4.ClH/c1-23-16-10-6-3-7-13(16)11-12-19-18(22)20-15-9-5-4-8-14(15)17(21)24-2;/h3-10H,11-12H2,1-2H3,(H2,19,20,22);1H. The number of carbonyl (C=O) groups is 2. The van der Waals surface area contributed by atoms with Gasteiger partial charge in [-0.15, -0.1) is 12.4 Å². The highest BCUT2D eigenvalue weighted by Crippen LogP contribution is 2.18. The van der Waals surface area contributed by atoms with Gasteiger partial charge >= 0.3 is 12.0 Å². The highest BCUT2D eigenvalue weighted by atomic mass is 35.5. The Balaban J connectivity index is 0.00000312. The Labute approximate surface area is 152 Å². The van der Waals surface area contributed by atoms with Gasteiger partial charge in [0.15, 0.2) is 0 Å². The number of para-hydroxylation sites is 2. The molecule has 7 heteroatoms. The number of hydrogen-bond acceptors (Lipinski definition) is 4. The second-order valence-electron chi connectivity index (χ2n) is 4.98. The maximum atomic E-state index is 12.0. The van der Waals surface area contributed by atoms with Crippen LogP contribution in [0.2, 0.25) is 0 Å². The van der Waals surface area contributed by atoms with E-state index in [-0.39, 0.29) is 18.4 Å². The lowest BCUT2D eigenvalue weighted by molar-refractivity contribution is 0.0602. The Bertz CT molecular complexity index is 722. The summed E-state index contributed by atoms with van der Waals surface area (Å²) in [4.78, 5) is 23.7. The molecule has 2 aromatic rings. The average molecular weight is 365 g/mol. The van der Waals surface area contributed by atoms with Gasteiger partial charge in [0.1, 0.15) is 5.75 Å². The molecule has 0 saturated carbocycles. The lowest BCUT2D eigenvalue weighted by Gasteiger charge is -2.11. The summed E-state index contributed by atoms with van der Waals surface area (Å²) in [5.41, 5.74) is 1.72. The molecule has 0 spiro atoms. The highest BCUT2D eigenvalue weighted by molar-refractivity contribution is 6.00. The number of amides is 2. The van der Waals surface area contributed by atoms with E-state index >= 15 is 0 Å². The normalized spacial score (nSPS) is 9.52. The number of esters is 1. The van der Waals surface area contributed by atoms with Crippen molar-refractivity contribution in [2.75, 3.05) is 26.1 Å². The molecule has 0 saturated heterocycles. The summed E-state index contributed by atoms with van der Waals surface area (Å²) >= 11 is 0. The third-order valence-corrected chi connectivity index (χ3v) is 3.45. The summed E-state index contributed by atoms with van der Waals surface area (Å²) in [7, 11) is 2.91. The maximum Gasteiger partial charge on any atom is 0.339 e. The van der Waals surface area contributed by atoms with Gasteiger partial charge in [-0.25, -0.2) is 9.59 Å². The van der Waals surface area contributed by atoms with Gasteiger partial charge in [0.25, 0.3) is 0 Å². The average Bonchev–Trinajstić information content (AvgIpc) is 2.62. The molecular weight excluding hydrogens is 344 g/mol. The molecule has 134 valence electrons. The first kappa shape index (κ1) is 20.3. The van der Waals surface area contributed by atoms with Crippen LogP contribution in [0.3, 0.4) is 0 Å². The summed E-state index contributed by atoms with van der Waals surface area (Å²) in [6.07, 6.45) is 0.635. The Morgan fingerprint density at radius 3 is 2.40 bits per heavy atom. The van der Waals surface area contributed by atoms with Gasteiger partial charge in [0, 0.05) is 6.54 Å². The molecule has 0 fully saturated rings. The van der Waals surface area contributed by atoms with Crippen molar-refractivity contribution in [3.63, 3.8) is 0 Å². The van der Waals surface area contributed by atoms with Crippen molar-refractivity contribution in [3.05, 3.63) is 59.7 Å². The van der Waals surface area contributed by atoms with Crippen LogP contribution >= 0.6 is 12.4 Å². The predicted octanol–water partition coefficient (Wildman–Crippen LogP) is 3.27. The fourth-order valence-corrected chi connectivity index (χ4v) is 2.27. The second kappa shape index (κ2) is 10.2. The zero-order chi connectivity index (χ0) is 17.4. The number of anilines is 1. The minimum Gasteiger partial charge on any atom is -0.496 e. The fraction of sp³-hybridized carbons (Fsp3) is 0.222. The zero-order valence-electron chi connectivity index (χ0n) is 14.1. The van der Waals surface area contributed by atoms with E-state index in [1.807, 2.05) is 24.3 Å². The van der Waals surface area contributed by atoms with Gasteiger partial charge in [-0.1, -0.05) is 30.3 Å². The van der Waals surface area contributed by atoms with E-state index in [9.17, 15) is 9.59 Å². The summed E-state index contributed by atoms with van der Waals surface area (Å²) in [5, 5.41) is 5.42. The monoisotopic (exact) mass is 364 g/mol. The number of urea groups is 1. The van der Waals surface area contributed by atoms with Crippen LogP contribution in [0.1, 0.15) is 15.9 Å². The van der Waals surface area contributed by atoms with E-state index in [2.05, 4.69) is 10.6 Å². The number of carbonyl (C=O) groups excluding carboxylic acids is 2. The minimum atomic E-state index is -0.500. The fourth-order valence-electron chi connectivity index (χ4n) is 2.27. The van der Waals surface area contributed by atoms with Crippen LogP contribution in [0.5, 0.6) is 5.75 Å². The quantitative estimate of drug-likeness (QED) is 0.771. The largest absolute Gasteiger partial charge is 0.496 e. The lowest BCUT2D eigenvalue weighted by Crippen LogP contribution is -2.31. The summed E-state index contributed by atoms with van der Waals surface area (Å²) < 4.78 is 9.97. The summed E-state index contributed by atoms with van der Waals surface area (Å²) in [6, 6.07) is 13.9. The summed E-state index contributed by atoms with van der Waals surface area (Å²) in [6.45, 7) is 0.437. The molecule has 0 aliphatic heterocycles. The molecule has 6 nitrogen and oxygen atoms in total. The number of rotatable bonds is 6. The summed E-state index contributed by atoms with van der Waals surface area (Å²) in [5.74, 6) is 0.288. The molecule has 0 bridgehead atoms. The van der Waals surface area contributed by atoms with Gasteiger partial charge in [-0.3, -0.25) is 0 Å². The van der Waals surface area contributed by atoms with E-state index in [0.717, 1.165) is 11.3 Å². The molecule has 2 aromatic carbocycles. The van der Waals surface area contributed by atoms with Crippen LogP contribution < -0.4 is 15.4 Å². The molecule has 0 aliphatic rings. The molecule has 2 amide bonds. The molecule has 0 unspecified atom stereocenters. The molecule has 0 radical (unpaired) electrons. The molecule has 25 heavy (non-hydrogen) atoms. The van der Waals surface area contributed by atoms with Crippen LogP contribution in [0.4, 0.5) is 10.5 Å². The first-order chi connectivity index (χ1) is 11.7. The minimum absolute atomic E-state index is 0. The Morgan fingerprint density at radius 2 is 1.68 bits per heavy atom. The molecular formula is C18H21ClN2O4. The van der Waals surface area contributed by atoms with E-state index in [1.165, 1.54) is 7.11 Å². The van der Waals surface area contributed by atoms with Crippen molar-refractivity contribution in [2.24, 2.45) is 0 Å². The van der Waals surface area contributed by atoms with E-state index < -0.39 is 5.97 Å². The van der Waals surface area contributed by atoms with E-state index in [1.54, 1.807) is 31.4 Å². The number of ether oxygens (including phenoxy) is 2. The van der Waals surface area contributed by atoms with Crippen LogP contribution in [0, 0.1) is 0 Å². The van der Waals surface area contributed by atoms with Gasteiger partial charge in [-0.05, 0) is 30.2 Å². The van der Waals surface area contributed by atoms with Crippen molar-refractivity contribution in [1.29, 1.82) is 0 Å². The Morgan fingerprint density at radius 1 is 1.00 bits per heavy atom. The van der Waals surface area contributed by atoms with Crippen LogP contribution in [0.15, 0.2) is 48.5 Å². The first-order valence-electron chi connectivity index (χ1n) is 7.49. The molecule has 0 atom stereocenters. The molecule has 0 aromatic heterocycles. The SMILES string of the molecule is COC(=O)c1ccccc1NC(=O)NCCc1ccccc1OC.Cl. The molecule has 0 aliphatic carbocycles. The van der Waals surface area contributed by atoms with Crippen LogP contribution in [-0.4, -0.2) is 32.8 Å². The third-order valence-electron chi connectivity index (χ3n) is 3.45. The first-order valence-corrected chi connectivity index (χ1v) is 7.49. The van der Waals surface area contributed by atoms with Gasteiger partial charge in [0.2, 0.25) is 0 Å². The van der Waals surface area contributed by atoms with Crippen molar-refractivity contribution >= 4 is 30.1 Å². The van der Waals surface area contributed by atoms with Crippen molar-refractivity contribution in [3.8, 4) is 5.75 Å². The lowest BCUT2D eigenvalue weighted by atomic mass is 10.1. The maximum absolute atomic E-state index is 12.0. The third kappa shape index (κ3) is 5.69. The predicted molar refractivity (Wildman–Crippen MR) is 98.7 cm³/mol. The zero-order valence-corrected chi connectivity index (χ0v) is 14.9. The highest BCUT2D eigenvalue weighted by Gasteiger charge is 2.13. The molecule has 2 N–H and O–H groups in total. The Hall–Kier alpha value is -2.73. The van der Waals surface area contributed by atoms with Crippen molar-refractivity contribution < 1.29 is 19.1 Å². The van der Waals surface area contributed by atoms with Gasteiger partial charge < -0.3 is 20.1 Å². The Kier molecular flexibility index (Phi) is 8.29. The van der Waals surface area contributed by atoms with Gasteiger partial charge in [-0.2, -0.15) is 0 Å². The number of halogens is 1. The van der Waals surface area contributed by atoms with E-state index in [4.69, 9.17) is 9.47 Å². The molecule has 2 rings (SSSR count). The molecule has 0 heterocycles.